The van der Waals surface area contributed by atoms with Crippen molar-refractivity contribution in [1.82, 2.24) is 15.3 Å². The van der Waals surface area contributed by atoms with Crippen molar-refractivity contribution in [3.8, 4) is 0 Å². The zero-order valence-electron chi connectivity index (χ0n) is 13.4. The van der Waals surface area contributed by atoms with Gasteiger partial charge in [0.2, 0.25) is 11.9 Å². The molecule has 6 nitrogen and oxygen atoms in total. The Hall–Kier alpha value is -1.69. The third kappa shape index (κ3) is 4.66. The maximum Gasteiger partial charge on any atom is 0.225 e. The number of aromatic nitrogens is 2. The Balaban J connectivity index is 1.82. The number of anilines is 1. The van der Waals surface area contributed by atoms with Gasteiger partial charge in [-0.3, -0.25) is 4.79 Å². The van der Waals surface area contributed by atoms with Gasteiger partial charge < -0.3 is 15.3 Å². The van der Waals surface area contributed by atoms with Crippen molar-refractivity contribution in [3.05, 3.63) is 18.5 Å². The summed E-state index contributed by atoms with van der Waals surface area (Å²) in [4.78, 5) is 22.9. The number of amides is 1. The van der Waals surface area contributed by atoms with Crippen molar-refractivity contribution in [2.24, 2.45) is 11.8 Å². The molecular formula is C16H26N4O2. The first kappa shape index (κ1) is 16.7. The van der Waals surface area contributed by atoms with Crippen LogP contribution in [0.1, 0.15) is 33.1 Å². The Kier molecular flexibility index (Phi) is 6.12. The molecular weight excluding hydrogens is 280 g/mol. The molecule has 0 bridgehead atoms. The first-order valence-electron chi connectivity index (χ1n) is 8.03. The van der Waals surface area contributed by atoms with E-state index in [0.29, 0.717) is 5.92 Å². The van der Waals surface area contributed by atoms with Crippen LogP contribution in [0, 0.1) is 11.8 Å². The largest absolute Gasteiger partial charge is 0.394 e. The molecule has 1 aliphatic heterocycles. The van der Waals surface area contributed by atoms with Crippen LogP contribution in [0.25, 0.3) is 0 Å². The number of hydrogen-bond donors (Lipinski definition) is 2. The molecule has 1 atom stereocenters. The predicted octanol–water partition coefficient (Wildman–Crippen LogP) is 1.22. The minimum Gasteiger partial charge on any atom is -0.394 e. The molecule has 1 amide bonds. The third-order valence-corrected chi connectivity index (χ3v) is 4.02. The second-order valence-electron chi connectivity index (χ2n) is 6.33. The molecule has 1 fully saturated rings. The lowest BCUT2D eigenvalue weighted by atomic mass is 9.95. The summed E-state index contributed by atoms with van der Waals surface area (Å²) in [5, 5.41) is 12.4. The van der Waals surface area contributed by atoms with Gasteiger partial charge in [0.1, 0.15) is 0 Å². The average molecular weight is 306 g/mol. The van der Waals surface area contributed by atoms with Crippen molar-refractivity contribution in [1.29, 1.82) is 0 Å². The minimum atomic E-state index is -0.136. The normalized spacial score (nSPS) is 17.5. The highest BCUT2D eigenvalue weighted by Crippen LogP contribution is 2.20. The zero-order chi connectivity index (χ0) is 15.9. The molecule has 122 valence electrons. The van der Waals surface area contributed by atoms with Gasteiger partial charge in [-0.05, 0) is 31.2 Å². The molecule has 0 spiro atoms. The maximum absolute atomic E-state index is 12.3. The zero-order valence-corrected chi connectivity index (χ0v) is 13.4. The summed E-state index contributed by atoms with van der Waals surface area (Å²) in [6.07, 6.45) is 5.87. The molecule has 2 heterocycles. The molecule has 1 aromatic rings. The van der Waals surface area contributed by atoms with Crippen LogP contribution >= 0.6 is 0 Å². The van der Waals surface area contributed by atoms with Crippen LogP contribution in [0.2, 0.25) is 0 Å². The van der Waals surface area contributed by atoms with E-state index in [4.69, 9.17) is 0 Å². The Bertz CT molecular complexity index is 458. The molecule has 0 aromatic carbocycles. The molecule has 2 rings (SSSR count). The van der Waals surface area contributed by atoms with E-state index in [1.54, 1.807) is 18.5 Å². The van der Waals surface area contributed by atoms with Gasteiger partial charge in [-0.25, -0.2) is 9.97 Å². The van der Waals surface area contributed by atoms with E-state index in [1.165, 1.54) is 0 Å². The van der Waals surface area contributed by atoms with E-state index in [-0.39, 0.29) is 24.5 Å². The van der Waals surface area contributed by atoms with Gasteiger partial charge >= 0.3 is 0 Å². The van der Waals surface area contributed by atoms with Crippen molar-refractivity contribution < 1.29 is 9.90 Å². The van der Waals surface area contributed by atoms with E-state index < -0.39 is 0 Å². The SMILES string of the molecule is CC(C)CC(CO)NC(=O)C1CCN(c2ncccn2)CC1. The standard InChI is InChI=1S/C16H26N4O2/c1-12(2)10-14(11-21)19-15(22)13-4-8-20(9-5-13)16-17-6-3-7-18-16/h3,6-7,12-14,21H,4-5,8-11H2,1-2H3,(H,19,22). The monoisotopic (exact) mass is 306 g/mol. The summed E-state index contributed by atoms with van der Waals surface area (Å²) in [6.45, 7) is 5.76. The Labute approximate surface area is 132 Å². The van der Waals surface area contributed by atoms with Gasteiger partial charge in [-0.15, -0.1) is 0 Å². The maximum atomic E-state index is 12.3. The number of nitrogens with one attached hydrogen (secondary N) is 1. The van der Waals surface area contributed by atoms with Crippen LogP contribution in [0.3, 0.4) is 0 Å². The number of nitrogens with zero attached hydrogens (tertiary/aromatic N) is 3. The number of aliphatic hydroxyl groups is 1. The van der Waals surface area contributed by atoms with Crippen LogP contribution in [0.5, 0.6) is 0 Å². The minimum absolute atomic E-state index is 0.000615. The topological polar surface area (TPSA) is 78.4 Å². The van der Waals surface area contributed by atoms with Crippen molar-refractivity contribution in [2.45, 2.75) is 39.2 Å². The summed E-state index contributed by atoms with van der Waals surface area (Å²) < 4.78 is 0. The number of carbonyl (C=O) groups is 1. The van der Waals surface area contributed by atoms with E-state index in [9.17, 15) is 9.90 Å². The molecule has 6 heteroatoms. The first-order valence-corrected chi connectivity index (χ1v) is 8.03. The lowest BCUT2D eigenvalue weighted by molar-refractivity contribution is -0.126. The summed E-state index contributed by atoms with van der Waals surface area (Å²) in [5.41, 5.74) is 0. The highest BCUT2D eigenvalue weighted by Gasteiger charge is 2.27. The Morgan fingerprint density at radius 3 is 2.55 bits per heavy atom. The molecule has 0 aliphatic carbocycles. The Morgan fingerprint density at radius 1 is 1.36 bits per heavy atom. The number of carbonyl (C=O) groups excluding carboxylic acids is 1. The predicted molar refractivity (Wildman–Crippen MR) is 85.4 cm³/mol. The summed E-state index contributed by atoms with van der Waals surface area (Å²) in [6, 6.07) is 1.66. The fourth-order valence-electron chi connectivity index (χ4n) is 2.86. The average Bonchev–Trinajstić information content (AvgIpc) is 2.54. The van der Waals surface area contributed by atoms with Gasteiger partial charge in [0.15, 0.2) is 0 Å². The lowest BCUT2D eigenvalue weighted by Crippen LogP contribution is -2.45. The number of hydrogen-bond acceptors (Lipinski definition) is 5. The molecule has 1 saturated heterocycles. The first-order chi connectivity index (χ1) is 10.6. The molecule has 0 saturated carbocycles. The number of rotatable bonds is 6. The van der Waals surface area contributed by atoms with E-state index in [0.717, 1.165) is 38.3 Å². The van der Waals surface area contributed by atoms with Crippen LogP contribution < -0.4 is 10.2 Å². The van der Waals surface area contributed by atoms with E-state index >= 15 is 0 Å². The van der Waals surface area contributed by atoms with Crippen LogP contribution in [0.4, 0.5) is 5.95 Å². The lowest BCUT2D eigenvalue weighted by Gasteiger charge is -2.32. The van der Waals surface area contributed by atoms with Gasteiger partial charge in [0.25, 0.3) is 0 Å². The molecule has 1 aromatic heterocycles. The van der Waals surface area contributed by atoms with Crippen molar-refractivity contribution >= 4 is 11.9 Å². The molecule has 1 unspecified atom stereocenters. The van der Waals surface area contributed by atoms with Gasteiger partial charge in [-0.2, -0.15) is 0 Å². The fraction of sp³-hybridized carbons (Fsp3) is 0.688. The van der Waals surface area contributed by atoms with Crippen molar-refractivity contribution in [2.75, 3.05) is 24.6 Å². The third-order valence-electron chi connectivity index (χ3n) is 4.02. The smallest absolute Gasteiger partial charge is 0.225 e. The fourth-order valence-corrected chi connectivity index (χ4v) is 2.86. The van der Waals surface area contributed by atoms with Gasteiger partial charge in [-0.1, -0.05) is 13.8 Å². The highest BCUT2D eigenvalue weighted by molar-refractivity contribution is 5.79. The van der Waals surface area contributed by atoms with Gasteiger partial charge in [0.05, 0.1) is 12.6 Å². The van der Waals surface area contributed by atoms with Crippen LogP contribution in [-0.2, 0) is 4.79 Å². The van der Waals surface area contributed by atoms with E-state index in [1.807, 2.05) is 0 Å². The Morgan fingerprint density at radius 2 is 2.00 bits per heavy atom. The molecule has 22 heavy (non-hydrogen) atoms. The van der Waals surface area contributed by atoms with Crippen LogP contribution in [0.15, 0.2) is 18.5 Å². The second-order valence-corrected chi connectivity index (χ2v) is 6.33. The van der Waals surface area contributed by atoms with Crippen LogP contribution in [-0.4, -0.2) is 46.7 Å². The quantitative estimate of drug-likeness (QED) is 0.826. The van der Waals surface area contributed by atoms with Crippen molar-refractivity contribution in [3.63, 3.8) is 0 Å². The second kappa shape index (κ2) is 8.08. The molecule has 1 aliphatic rings. The number of piperidine rings is 1. The summed E-state index contributed by atoms with van der Waals surface area (Å²) in [5.74, 6) is 1.26. The summed E-state index contributed by atoms with van der Waals surface area (Å²) >= 11 is 0. The molecule has 0 radical (unpaired) electrons. The molecule has 2 N–H and O–H groups in total. The highest BCUT2D eigenvalue weighted by atomic mass is 16.3. The summed E-state index contributed by atoms with van der Waals surface area (Å²) in [7, 11) is 0. The van der Waals surface area contributed by atoms with Gasteiger partial charge in [0, 0.05) is 31.4 Å². The number of aliphatic hydroxyl groups excluding tert-OH is 1. The van der Waals surface area contributed by atoms with E-state index in [2.05, 4.69) is 34.0 Å².